The van der Waals surface area contributed by atoms with E-state index >= 15 is 0 Å². The highest BCUT2D eigenvalue weighted by atomic mass is 32.1. The van der Waals surface area contributed by atoms with E-state index in [2.05, 4.69) is 47.6 Å². The molecule has 0 saturated carbocycles. The Morgan fingerprint density at radius 2 is 2.00 bits per heavy atom. The molecule has 2 amide bonds. The molecule has 1 aliphatic rings. The summed E-state index contributed by atoms with van der Waals surface area (Å²) < 4.78 is 11.0. The van der Waals surface area contributed by atoms with Gasteiger partial charge in [-0.05, 0) is 36.1 Å². The van der Waals surface area contributed by atoms with Crippen LogP contribution >= 0.6 is 11.3 Å². The van der Waals surface area contributed by atoms with Crippen molar-refractivity contribution in [3.8, 4) is 0 Å². The summed E-state index contributed by atoms with van der Waals surface area (Å²) in [6.45, 7) is 9.14. The van der Waals surface area contributed by atoms with Gasteiger partial charge >= 0.3 is 0 Å². The molecule has 4 rings (SSSR count). The van der Waals surface area contributed by atoms with Crippen molar-refractivity contribution in [1.29, 1.82) is 0 Å². The fourth-order valence-corrected chi connectivity index (χ4v) is 4.54. The second-order valence-electron chi connectivity index (χ2n) is 7.91. The summed E-state index contributed by atoms with van der Waals surface area (Å²) in [6.07, 6.45) is 1.70. The first kappa shape index (κ1) is 21.3. The van der Waals surface area contributed by atoms with Crippen molar-refractivity contribution in [3.05, 3.63) is 46.2 Å². The number of benzene rings is 1. The lowest BCUT2D eigenvalue weighted by Gasteiger charge is -2.25. The topological polar surface area (TPSA) is 96.7 Å². The maximum atomic E-state index is 12.4. The smallest absolute Gasteiger partial charge is 0.289 e. The average Bonchev–Trinajstić information content (AvgIpc) is 3.39. The number of anilines is 1. The third-order valence-corrected chi connectivity index (χ3v) is 6.24. The Labute approximate surface area is 184 Å². The van der Waals surface area contributed by atoms with E-state index in [1.54, 1.807) is 11.6 Å². The van der Waals surface area contributed by atoms with Crippen LogP contribution in [0.3, 0.4) is 0 Å². The van der Waals surface area contributed by atoms with Gasteiger partial charge in [-0.1, -0.05) is 13.8 Å². The molecule has 3 aromatic rings. The highest BCUT2D eigenvalue weighted by Crippen LogP contribution is 2.29. The second kappa shape index (κ2) is 9.07. The molecule has 0 bridgehead atoms. The van der Waals surface area contributed by atoms with Crippen molar-refractivity contribution >= 4 is 39.3 Å². The lowest BCUT2D eigenvalue weighted by molar-refractivity contribution is -0.121. The number of hydrogen-bond donors (Lipinski definition) is 2. The van der Waals surface area contributed by atoms with Gasteiger partial charge in [0.15, 0.2) is 5.13 Å². The molecule has 1 aliphatic heterocycles. The van der Waals surface area contributed by atoms with E-state index < -0.39 is 5.91 Å². The fraction of sp³-hybridized carbons (Fsp3) is 0.409. The minimum Gasteiger partial charge on any atom is -0.464 e. The molecule has 0 unspecified atom stereocenters. The van der Waals surface area contributed by atoms with Gasteiger partial charge in [0.25, 0.3) is 5.91 Å². The van der Waals surface area contributed by atoms with E-state index in [-0.39, 0.29) is 18.0 Å². The summed E-state index contributed by atoms with van der Waals surface area (Å²) in [5.74, 6) is -0.397. The molecule has 164 valence electrons. The van der Waals surface area contributed by atoms with Crippen LogP contribution in [0.4, 0.5) is 5.13 Å². The van der Waals surface area contributed by atoms with E-state index in [1.807, 2.05) is 6.07 Å². The predicted octanol–water partition coefficient (Wildman–Crippen LogP) is 3.16. The Morgan fingerprint density at radius 3 is 2.74 bits per heavy atom. The van der Waals surface area contributed by atoms with Gasteiger partial charge in [-0.15, -0.1) is 11.3 Å². The molecular weight excluding hydrogens is 416 g/mol. The molecule has 0 radical (unpaired) electrons. The molecule has 31 heavy (non-hydrogen) atoms. The number of hydrazine groups is 1. The molecule has 2 N–H and O–H groups in total. The van der Waals surface area contributed by atoms with Crippen LogP contribution in [0, 0.1) is 6.92 Å². The lowest BCUT2D eigenvalue weighted by Crippen LogP contribution is -2.42. The van der Waals surface area contributed by atoms with E-state index in [1.165, 1.54) is 22.5 Å². The zero-order valence-electron chi connectivity index (χ0n) is 17.9. The molecule has 0 spiro atoms. The molecule has 2 aromatic heterocycles. The number of nitrogens with one attached hydrogen (secondary N) is 2. The third-order valence-electron chi connectivity index (χ3n) is 5.34. The van der Waals surface area contributed by atoms with Crippen LogP contribution in [-0.2, 0) is 16.0 Å². The maximum Gasteiger partial charge on any atom is 0.289 e. The Bertz CT molecular complexity index is 1100. The molecule has 0 aliphatic carbocycles. The Balaban J connectivity index is 1.36. The number of thiazole rings is 1. The molecule has 0 atom stereocenters. The quantitative estimate of drug-likeness (QED) is 0.589. The van der Waals surface area contributed by atoms with Crippen LogP contribution in [0.1, 0.15) is 46.9 Å². The Kier molecular flexibility index (Phi) is 6.24. The second-order valence-corrected chi connectivity index (χ2v) is 8.75. The number of rotatable bonds is 5. The van der Waals surface area contributed by atoms with E-state index in [9.17, 15) is 9.59 Å². The Hall–Kier alpha value is -2.91. The number of carbonyl (C=O) groups excluding carboxylic acids is 2. The van der Waals surface area contributed by atoms with Crippen LogP contribution in [-0.4, -0.2) is 43.1 Å². The normalized spacial score (nSPS) is 14.3. The van der Waals surface area contributed by atoms with Gasteiger partial charge in [0, 0.05) is 29.4 Å². The lowest BCUT2D eigenvalue weighted by atomic mass is 9.95. The number of aromatic nitrogens is 1. The SMILES string of the molecule is Cc1cc2occ(CC(=O)NNC(=O)c3csc(N4CCOCC4)n3)c2cc1C(C)C. The summed E-state index contributed by atoms with van der Waals surface area (Å²) in [4.78, 5) is 31.3. The van der Waals surface area contributed by atoms with Crippen molar-refractivity contribution in [2.24, 2.45) is 0 Å². The van der Waals surface area contributed by atoms with Crippen molar-refractivity contribution in [3.63, 3.8) is 0 Å². The van der Waals surface area contributed by atoms with Crippen molar-refractivity contribution < 1.29 is 18.7 Å². The number of amides is 2. The highest BCUT2D eigenvalue weighted by molar-refractivity contribution is 7.13. The maximum absolute atomic E-state index is 12.4. The first-order valence-electron chi connectivity index (χ1n) is 10.3. The van der Waals surface area contributed by atoms with Crippen LogP contribution in [0.5, 0.6) is 0 Å². The molecule has 8 nitrogen and oxygen atoms in total. The monoisotopic (exact) mass is 442 g/mol. The van der Waals surface area contributed by atoms with E-state index in [0.717, 1.165) is 34.8 Å². The zero-order chi connectivity index (χ0) is 22.0. The third kappa shape index (κ3) is 4.72. The van der Waals surface area contributed by atoms with Crippen LogP contribution < -0.4 is 15.8 Å². The number of furan rings is 1. The van der Waals surface area contributed by atoms with Crippen molar-refractivity contribution in [2.45, 2.75) is 33.1 Å². The van der Waals surface area contributed by atoms with Gasteiger partial charge in [0.05, 0.1) is 25.9 Å². The van der Waals surface area contributed by atoms with Gasteiger partial charge in [0.2, 0.25) is 5.91 Å². The summed E-state index contributed by atoms with van der Waals surface area (Å²) in [7, 11) is 0. The number of fused-ring (bicyclic) bond motifs is 1. The Morgan fingerprint density at radius 1 is 1.23 bits per heavy atom. The summed E-state index contributed by atoms with van der Waals surface area (Å²) >= 11 is 1.40. The summed E-state index contributed by atoms with van der Waals surface area (Å²) in [5.41, 5.74) is 9.13. The fourth-order valence-electron chi connectivity index (χ4n) is 3.68. The van der Waals surface area contributed by atoms with Gasteiger partial charge in [-0.25, -0.2) is 4.98 Å². The minimum absolute atomic E-state index is 0.101. The molecule has 3 heterocycles. The van der Waals surface area contributed by atoms with Gasteiger partial charge in [-0.2, -0.15) is 0 Å². The summed E-state index contributed by atoms with van der Waals surface area (Å²) in [5, 5.41) is 3.39. The van der Waals surface area contributed by atoms with E-state index in [0.29, 0.717) is 19.1 Å². The zero-order valence-corrected chi connectivity index (χ0v) is 18.7. The van der Waals surface area contributed by atoms with Gasteiger partial charge in [0.1, 0.15) is 11.3 Å². The first-order valence-corrected chi connectivity index (χ1v) is 11.2. The van der Waals surface area contributed by atoms with Crippen LogP contribution in [0.25, 0.3) is 11.0 Å². The molecular formula is C22H26N4O4S. The van der Waals surface area contributed by atoms with Gasteiger partial charge in [-0.3, -0.25) is 20.4 Å². The predicted molar refractivity (Wildman–Crippen MR) is 119 cm³/mol. The molecule has 9 heteroatoms. The number of ether oxygens (including phenoxy) is 1. The number of morpholine rings is 1. The average molecular weight is 443 g/mol. The first-order chi connectivity index (χ1) is 14.9. The van der Waals surface area contributed by atoms with Crippen molar-refractivity contribution in [2.75, 3.05) is 31.2 Å². The highest BCUT2D eigenvalue weighted by Gasteiger charge is 2.18. The number of nitrogens with zero attached hydrogens (tertiary/aromatic N) is 2. The van der Waals surface area contributed by atoms with Crippen LogP contribution in [0.15, 0.2) is 28.2 Å². The molecule has 1 fully saturated rings. The molecule has 1 aromatic carbocycles. The number of hydrogen-bond acceptors (Lipinski definition) is 7. The number of carbonyl (C=O) groups is 2. The minimum atomic E-state index is -0.445. The molecule has 1 saturated heterocycles. The number of aryl methyl sites for hydroxylation is 1. The van der Waals surface area contributed by atoms with Crippen LogP contribution in [0.2, 0.25) is 0 Å². The van der Waals surface area contributed by atoms with Gasteiger partial charge < -0.3 is 14.1 Å². The van der Waals surface area contributed by atoms with E-state index in [4.69, 9.17) is 9.15 Å². The van der Waals surface area contributed by atoms with Crippen molar-refractivity contribution in [1.82, 2.24) is 15.8 Å². The summed E-state index contributed by atoms with van der Waals surface area (Å²) in [6, 6.07) is 4.09. The standard InChI is InChI=1S/C22H26N4O4S/c1-13(2)16-10-17-15(11-30-19(17)8-14(16)3)9-20(27)24-25-21(28)18-12-31-22(23-18)26-4-6-29-7-5-26/h8,10-13H,4-7,9H2,1-3H3,(H,24,27)(H,25,28). The largest absolute Gasteiger partial charge is 0.464 e.